The highest BCUT2D eigenvalue weighted by Gasteiger charge is 2.32. The van der Waals surface area contributed by atoms with Crippen molar-refractivity contribution in [3.8, 4) is 11.8 Å². The summed E-state index contributed by atoms with van der Waals surface area (Å²) in [6, 6.07) is 8.06. The van der Waals surface area contributed by atoms with Crippen LogP contribution in [0, 0.1) is 22.7 Å². The van der Waals surface area contributed by atoms with Gasteiger partial charge < -0.3 is 10.0 Å². The lowest BCUT2D eigenvalue weighted by Crippen LogP contribution is -2.26. The van der Waals surface area contributed by atoms with Crippen LogP contribution in [0.3, 0.4) is 0 Å². The molecule has 0 saturated carbocycles. The molecule has 1 aromatic carbocycles. The van der Waals surface area contributed by atoms with Gasteiger partial charge in [-0.25, -0.2) is 4.99 Å². The molecule has 29 heavy (non-hydrogen) atoms. The van der Waals surface area contributed by atoms with Gasteiger partial charge in [0.1, 0.15) is 16.8 Å². The second-order valence-electron chi connectivity index (χ2n) is 8.78. The molecule has 0 saturated heterocycles. The summed E-state index contributed by atoms with van der Waals surface area (Å²) in [7, 11) is 0. The molecule has 0 aliphatic heterocycles. The van der Waals surface area contributed by atoms with E-state index in [0.29, 0.717) is 17.0 Å². The number of phenols is 1. The Balaban J connectivity index is 1.87. The van der Waals surface area contributed by atoms with Crippen LogP contribution >= 0.6 is 11.3 Å². The Morgan fingerprint density at radius 3 is 2.62 bits per heavy atom. The number of aliphatic imine (C=N–C) groups is 1. The van der Waals surface area contributed by atoms with E-state index in [1.807, 2.05) is 12.1 Å². The third-order valence-electron chi connectivity index (χ3n) is 6.05. The minimum absolute atomic E-state index is 0.214. The number of phenolic OH excluding ortho intramolecular Hbond substituents is 1. The molecule has 1 heterocycles. The SMILES string of the molecule is CCN(CC)c1ccc(C=Nc2sc3c(c2C#N)CCC(C(C)(C)C)C3)c(O)c1. The van der Waals surface area contributed by atoms with Crippen molar-refractivity contribution < 1.29 is 5.11 Å². The minimum atomic E-state index is 0.214. The van der Waals surface area contributed by atoms with Crippen molar-refractivity contribution in [3.63, 3.8) is 0 Å². The van der Waals surface area contributed by atoms with Crippen molar-refractivity contribution in [1.82, 2.24) is 0 Å². The molecule has 1 aliphatic rings. The zero-order valence-electron chi connectivity index (χ0n) is 18.1. The highest BCUT2D eigenvalue weighted by Crippen LogP contribution is 2.45. The maximum Gasteiger partial charge on any atom is 0.134 e. The van der Waals surface area contributed by atoms with E-state index in [1.165, 1.54) is 10.4 Å². The number of aromatic hydroxyl groups is 1. The lowest BCUT2D eigenvalue weighted by atomic mass is 9.72. The van der Waals surface area contributed by atoms with E-state index in [-0.39, 0.29) is 11.2 Å². The fourth-order valence-corrected chi connectivity index (χ4v) is 5.29. The van der Waals surface area contributed by atoms with Crippen LogP contribution in [0.4, 0.5) is 10.7 Å². The van der Waals surface area contributed by atoms with Crippen molar-refractivity contribution in [2.45, 2.75) is 53.9 Å². The first kappa shape index (κ1) is 21.4. The molecule has 0 fully saturated rings. The first-order valence-electron chi connectivity index (χ1n) is 10.4. The van der Waals surface area contributed by atoms with Crippen LogP contribution in [-0.4, -0.2) is 24.4 Å². The molecular formula is C24H31N3OS. The number of hydrogen-bond donors (Lipinski definition) is 1. The monoisotopic (exact) mass is 409 g/mol. The number of rotatable bonds is 5. The second-order valence-corrected chi connectivity index (χ2v) is 9.86. The van der Waals surface area contributed by atoms with Crippen molar-refractivity contribution in [3.05, 3.63) is 39.8 Å². The second kappa shape index (κ2) is 8.59. The highest BCUT2D eigenvalue weighted by atomic mass is 32.1. The summed E-state index contributed by atoms with van der Waals surface area (Å²) < 4.78 is 0. The summed E-state index contributed by atoms with van der Waals surface area (Å²) in [6.45, 7) is 12.9. The largest absolute Gasteiger partial charge is 0.507 e. The average molecular weight is 410 g/mol. The molecule has 1 aromatic heterocycles. The Morgan fingerprint density at radius 2 is 2.03 bits per heavy atom. The Kier molecular flexibility index (Phi) is 6.33. The van der Waals surface area contributed by atoms with Crippen LogP contribution in [0.1, 0.15) is 62.6 Å². The number of nitrogens with zero attached hydrogens (tertiary/aromatic N) is 3. The van der Waals surface area contributed by atoms with Gasteiger partial charge in [0.2, 0.25) is 0 Å². The van der Waals surface area contributed by atoms with E-state index in [2.05, 4.69) is 50.6 Å². The molecule has 1 unspecified atom stereocenters. The van der Waals surface area contributed by atoms with Crippen molar-refractivity contribution in [2.75, 3.05) is 18.0 Å². The third-order valence-corrected chi connectivity index (χ3v) is 7.21. The summed E-state index contributed by atoms with van der Waals surface area (Å²) in [5.41, 5.74) is 3.85. The van der Waals surface area contributed by atoms with Crippen LogP contribution in [0.15, 0.2) is 23.2 Å². The Bertz CT molecular complexity index is 942. The van der Waals surface area contributed by atoms with Crippen LogP contribution < -0.4 is 4.90 Å². The normalized spacial score (nSPS) is 16.6. The number of fused-ring (bicyclic) bond motifs is 1. The first-order valence-corrected chi connectivity index (χ1v) is 11.3. The molecule has 4 nitrogen and oxygen atoms in total. The van der Waals surface area contributed by atoms with Crippen LogP contribution in [0.2, 0.25) is 0 Å². The molecule has 0 bridgehead atoms. The maximum absolute atomic E-state index is 10.4. The molecule has 1 aliphatic carbocycles. The van der Waals surface area contributed by atoms with Crippen molar-refractivity contribution >= 4 is 28.2 Å². The lowest BCUT2D eigenvalue weighted by Gasteiger charge is -2.33. The van der Waals surface area contributed by atoms with Gasteiger partial charge in [0, 0.05) is 41.5 Å². The lowest BCUT2D eigenvalue weighted by molar-refractivity contribution is 0.218. The smallest absolute Gasteiger partial charge is 0.134 e. The summed E-state index contributed by atoms with van der Waals surface area (Å²) in [5, 5.41) is 20.9. The van der Waals surface area contributed by atoms with E-state index < -0.39 is 0 Å². The predicted octanol–water partition coefficient (Wildman–Crippen LogP) is 6.07. The molecule has 1 atom stereocenters. The fourth-order valence-electron chi connectivity index (χ4n) is 4.07. The minimum Gasteiger partial charge on any atom is -0.507 e. The number of hydrogen-bond acceptors (Lipinski definition) is 5. The molecule has 3 rings (SSSR count). The molecule has 2 aromatic rings. The number of nitriles is 1. The van der Waals surface area contributed by atoms with Crippen molar-refractivity contribution in [1.29, 1.82) is 5.26 Å². The Morgan fingerprint density at radius 1 is 1.31 bits per heavy atom. The van der Waals surface area contributed by atoms with Crippen LogP contribution in [0.25, 0.3) is 0 Å². The van der Waals surface area contributed by atoms with Gasteiger partial charge in [0.05, 0.1) is 5.56 Å². The van der Waals surface area contributed by atoms with E-state index in [4.69, 9.17) is 0 Å². The molecule has 0 radical (unpaired) electrons. The van der Waals surface area contributed by atoms with Gasteiger partial charge >= 0.3 is 0 Å². The summed E-state index contributed by atoms with van der Waals surface area (Å²) in [5.74, 6) is 0.847. The zero-order chi connectivity index (χ0) is 21.2. The summed E-state index contributed by atoms with van der Waals surface area (Å²) in [4.78, 5) is 8.11. The number of thiophene rings is 1. The van der Waals surface area contributed by atoms with Gasteiger partial charge in [0.15, 0.2) is 0 Å². The summed E-state index contributed by atoms with van der Waals surface area (Å²) in [6.07, 6.45) is 4.78. The van der Waals surface area contributed by atoms with Gasteiger partial charge in [-0.15, -0.1) is 11.3 Å². The van der Waals surface area contributed by atoms with Gasteiger partial charge in [-0.05, 0) is 62.1 Å². The van der Waals surface area contributed by atoms with Crippen LogP contribution in [-0.2, 0) is 12.8 Å². The van der Waals surface area contributed by atoms with Gasteiger partial charge in [-0.1, -0.05) is 20.8 Å². The van der Waals surface area contributed by atoms with Gasteiger partial charge in [-0.3, -0.25) is 0 Å². The standard InChI is InChI=1S/C24H31N3OS/c1-6-27(7-2)18-10-8-16(21(28)13-18)15-26-23-20(14-25)19-11-9-17(24(3,4)5)12-22(19)29-23/h8,10,13,15,17,28H,6-7,9,11-12H2,1-5H3. The summed E-state index contributed by atoms with van der Waals surface area (Å²) >= 11 is 1.64. The molecule has 0 spiro atoms. The van der Waals surface area contributed by atoms with Crippen molar-refractivity contribution in [2.24, 2.45) is 16.3 Å². The van der Waals surface area contributed by atoms with E-state index in [1.54, 1.807) is 23.6 Å². The highest BCUT2D eigenvalue weighted by molar-refractivity contribution is 7.16. The van der Waals surface area contributed by atoms with Gasteiger partial charge in [0.25, 0.3) is 0 Å². The Labute approximate surface area is 178 Å². The predicted molar refractivity (Wildman–Crippen MR) is 123 cm³/mol. The van der Waals surface area contributed by atoms with E-state index in [9.17, 15) is 10.4 Å². The topological polar surface area (TPSA) is 59.6 Å². The first-order chi connectivity index (χ1) is 13.8. The molecule has 0 amide bonds. The molecular weight excluding hydrogens is 378 g/mol. The maximum atomic E-state index is 10.4. The quantitative estimate of drug-likeness (QED) is 0.609. The zero-order valence-corrected chi connectivity index (χ0v) is 18.9. The molecule has 5 heteroatoms. The molecule has 1 N–H and O–H groups in total. The number of benzene rings is 1. The number of anilines is 1. The van der Waals surface area contributed by atoms with E-state index >= 15 is 0 Å². The van der Waals surface area contributed by atoms with E-state index in [0.717, 1.165) is 43.0 Å². The third kappa shape index (κ3) is 4.48. The van der Waals surface area contributed by atoms with Crippen LogP contribution in [0.5, 0.6) is 5.75 Å². The Hall–Kier alpha value is -2.32. The average Bonchev–Trinajstić information content (AvgIpc) is 3.04. The fraction of sp³-hybridized carbons (Fsp3) is 0.500. The molecule has 154 valence electrons. The van der Waals surface area contributed by atoms with Gasteiger partial charge in [-0.2, -0.15) is 5.26 Å².